The predicted molar refractivity (Wildman–Crippen MR) is 109 cm³/mol. The average molecular weight is 410 g/mol. The van der Waals surface area contributed by atoms with Gasteiger partial charge in [-0.05, 0) is 25.3 Å². The van der Waals surface area contributed by atoms with Crippen LogP contribution < -0.4 is 9.80 Å². The molecule has 0 aliphatic carbocycles. The third-order valence-electron chi connectivity index (χ3n) is 5.98. The summed E-state index contributed by atoms with van der Waals surface area (Å²) in [7, 11) is 0. The summed E-state index contributed by atoms with van der Waals surface area (Å²) < 4.78 is 0. The number of nitrogens with one attached hydrogen (secondary N) is 1. The maximum atomic E-state index is 13.3. The number of carbonyl (C=O) groups is 2. The van der Waals surface area contributed by atoms with Crippen LogP contribution in [-0.4, -0.2) is 41.5 Å². The number of likely N-dealkylation sites (tertiary alicyclic amines) is 1. The van der Waals surface area contributed by atoms with E-state index in [2.05, 4.69) is 0 Å². The number of nitrogens with zero attached hydrogens (tertiary/aromatic N) is 2. The standard InChI is InChI=1S/C22H23N3O5/c26-20(16-7-6-8-17(13-16)25(29)30)14-22(28)18-9-2-3-10-19(18)24(21(22)27)15-23-11-4-1-5-12-23/h2-3,6-10,13,28H,1,4-5,11-12,14-15H2/p+1/t22-/m0/s1. The molecule has 1 fully saturated rings. The van der Waals surface area contributed by atoms with Gasteiger partial charge in [0.25, 0.3) is 11.6 Å². The molecule has 2 heterocycles. The highest BCUT2D eigenvalue weighted by Crippen LogP contribution is 2.42. The van der Waals surface area contributed by atoms with Crippen LogP contribution in [0.15, 0.2) is 48.5 Å². The third-order valence-corrected chi connectivity index (χ3v) is 5.98. The van der Waals surface area contributed by atoms with Crippen molar-refractivity contribution >= 4 is 23.1 Å². The Balaban J connectivity index is 1.62. The monoisotopic (exact) mass is 410 g/mol. The lowest BCUT2D eigenvalue weighted by atomic mass is 9.88. The molecule has 0 aromatic heterocycles. The number of fused-ring (bicyclic) bond motifs is 1. The Hall–Kier alpha value is -3.10. The number of anilines is 1. The van der Waals surface area contributed by atoms with E-state index in [-0.39, 0.29) is 11.3 Å². The first-order chi connectivity index (χ1) is 14.4. The summed E-state index contributed by atoms with van der Waals surface area (Å²) in [6, 6.07) is 12.3. The molecule has 0 spiro atoms. The molecule has 1 amide bonds. The van der Waals surface area contributed by atoms with Crippen molar-refractivity contribution in [1.29, 1.82) is 0 Å². The number of ketones is 1. The first-order valence-electron chi connectivity index (χ1n) is 10.2. The molecule has 2 aromatic carbocycles. The van der Waals surface area contributed by atoms with Gasteiger partial charge in [-0.1, -0.05) is 30.3 Å². The molecule has 30 heavy (non-hydrogen) atoms. The number of hydrogen-bond donors (Lipinski definition) is 2. The Morgan fingerprint density at radius 1 is 1.13 bits per heavy atom. The summed E-state index contributed by atoms with van der Waals surface area (Å²) in [5.74, 6) is -1.03. The Morgan fingerprint density at radius 3 is 2.60 bits per heavy atom. The number of rotatable bonds is 6. The zero-order valence-corrected chi connectivity index (χ0v) is 16.5. The summed E-state index contributed by atoms with van der Waals surface area (Å²) in [5.41, 5.74) is -1.06. The number of piperidine rings is 1. The van der Waals surface area contributed by atoms with Gasteiger partial charge >= 0.3 is 0 Å². The van der Waals surface area contributed by atoms with E-state index in [0.717, 1.165) is 25.9 Å². The molecular weight excluding hydrogens is 386 g/mol. The van der Waals surface area contributed by atoms with Gasteiger partial charge in [-0.3, -0.25) is 24.6 Å². The van der Waals surface area contributed by atoms with E-state index in [9.17, 15) is 24.8 Å². The van der Waals surface area contributed by atoms with Crippen molar-refractivity contribution in [1.82, 2.24) is 0 Å². The summed E-state index contributed by atoms with van der Waals surface area (Å²) in [6.45, 7) is 2.39. The van der Waals surface area contributed by atoms with Crippen LogP contribution in [0.4, 0.5) is 11.4 Å². The second kappa shape index (κ2) is 7.97. The summed E-state index contributed by atoms with van der Waals surface area (Å²) in [5, 5.41) is 22.4. The highest BCUT2D eigenvalue weighted by Gasteiger charge is 2.51. The number of carbonyl (C=O) groups excluding carboxylic acids is 2. The van der Waals surface area contributed by atoms with Gasteiger partial charge < -0.3 is 10.0 Å². The first kappa shape index (κ1) is 20.2. The van der Waals surface area contributed by atoms with Crippen molar-refractivity contribution in [2.75, 3.05) is 24.7 Å². The van der Waals surface area contributed by atoms with Crippen molar-refractivity contribution in [2.45, 2.75) is 31.3 Å². The average Bonchev–Trinajstić information content (AvgIpc) is 2.96. The SMILES string of the molecule is O=C(C[C@@]1(O)C(=O)N(C[NH+]2CCCCC2)c2ccccc21)c1cccc([N+](=O)[O-])c1. The molecule has 156 valence electrons. The number of benzene rings is 2. The van der Waals surface area contributed by atoms with Gasteiger partial charge in [0.1, 0.15) is 0 Å². The predicted octanol–water partition coefficient (Wildman–Crippen LogP) is 1.43. The van der Waals surface area contributed by atoms with Gasteiger partial charge in [0.15, 0.2) is 18.1 Å². The van der Waals surface area contributed by atoms with E-state index >= 15 is 0 Å². The summed E-state index contributed by atoms with van der Waals surface area (Å²) in [4.78, 5) is 39.5. The first-order valence-corrected chi connectivity index (χ1v) is 10.2. The van der Waals surface area contributed by atoms with Crippen LogP contribution in [0.2, 0.25) is 0 Å². The lowest BCUT2D eigenvalue weighted by Gasteiger charge is -2.29. The second-order valence-corrected chi connectivity index (χ2v) is 7.99. The Morgan fingerprint density at radius 2 is 1.87 bits per heavy atom. The van der Waals surface area contributed by atoms with Gasteiger partial charge in [-0.25, -0.2) is 0 Å². The minimum atomic E-state index is -1.98. The minimum Gasteiger partial charge on any atom is -0.375 e. The van der Waals surface area contributed by atoms with Crippen molar-refractivity contribution in [3.63, 3.8) is 0 Å². The highest BCUT2D eigenvalue weighted by atomic mass is 16.6. The van der Waals surface area contributed by atoms with E-state index in [0.29, 0.717) is 17.9 Å². The molecule has 0 saturated carbocycles. The summed E-state index contributed by atoms with van der Waals surface area (Å²) >= 11 is 0. The number of aliphatic hydroxyl groups is 1. The van der Waals surface area contributed by atoms with Crippen LogP contribution in [0.3, 0.4) is 0 Å². The van der Waals surface area contributed by atoms with E-state index in [4.69, 9.17) is 0 Å². The topological polar surface area (TPSA) is 105 Å². The van der Waals surface area contributed by atoms with Crippen molar-refractivity contribution in [3.8, 4) is 0 Å². The number of hydrogen-bond acceptors (Lipinski definition) is 5. The van der Waals surface area contributed by atoms with Crippen LogP contribution in [-0.2, 0) is 10.4 Å². The maximum Gasteiger partial charge on any atom is 0.270 e. The van der Waals surface area contributed by atoms with Crippen LogP contribution in [0.25, 0.3) is 0 Å². The molecule has 0 bridgehead atoms. The minimum absolute atomic E-state index is 0.100. The van der Waals surface area contributed by atoms with Gasteiger partial charge in [-0.15, -0.1) is 0 Å². The molecule has 0 radical (unpaired) electrons. The molecule has 2 aliphatic heterocycles. The van der Waals surface area contributed by atoms with Gasteiger partial charge in [0.2, 0.25) is 0 Å². The van der Waals surface area contributed by atoms with Gasteiger partial charge in [0, 0.05) is 23.3 Å². The Kier molecular flexibility index (Phi) is 5.36. The van der Waals surface area contributed by atoms with Crippen LogP contribution in [0.1, 0.15) is 41.6 Å². The molecule has 8 heteroatoms. The number of para-hydroxylation sites is 1. The second-order valence-electron chi connectivity index (χ2n) is 7.99. The molecule has 2 aromatic rings. The molecule has 2 N–H and O–H groups in total. The fourth-order valence-corrected chi connectivity index (χ4v) is 4.40. The number of nitro groups is 1. The lowest BCUT2D eigenvalue weighted by molar-refractivity contribution is -0.903. The van der Waals surface area contributed by atoms with E-state index in [1.54, 1.807) is 29.2 Å². The van der Waals surface area contributed by atoms with Crippen LogP contribution in [0, 0.1) is 10.1 Å². The van der Waals surface area contributed by atoms with Gasteiger partial charge in [-0.2, -0.15) is 0 Å². The quantitative estimate of drug-likeness (QED) is 0.426. The number of Topliss-reactive ketones (excluding diaryl/α,β-unsaturated/α-hetero) is 1. The lowest BCUT2D eigenvalue weighted by Crippen LogP contribution is -3.14. The maximum absolute atomic E-state index is 13.3. The number of non-ortho nitro benzene ring substituents is 1. The largest absolute Gasteiger partial charge is 0.375 e. The Bertz CT molecular complexity index is 1000. The van der Waals surface area contributed by atoms with E-state index < -0.39 is 28.6 Å². The van der Waals surface area contributed by atoms with Crippen molar-refractivity contribution in [3.05, 3.63) is 69.8 Å². The molecule has 0 unspecified atom stereocenters. The highest BCUT2D eigenvalue weighted by molar-refractivity contribution is 6.10. The summed E-state index contributed by atoms with van der Waals surface area (Å²) in [6.07, 6.45) is 2.94. The van der Waals surface area contributed by atoms with E-state index in [1.807, 2.05) is 0 Å². The van der Waals surface area contributed by atoms with Crippen LogP contribution >= 0.6 is 0 Å². The normalized spacial score (nSPS) is 21.5. The van der Waals surface area contributed by atoms with Crippen LogP contribution in [0.5, 0.6) is 0 Å². The fraction of sp³-hybridized carbons (Fsp3) is 0.364. The molecule has 1 saturated heterocycles. The van der Waals surface area contributed by atoms with Gasteiger partial charge in [0.05, 0.1) is 30.1 Å². The third kappa shape index (κ3) is 3.59. The smallest absolute Gasteiger partial charge is 0.270 e. The fourth-order valence-electron chi connectivity index (χ4n) is 4.40. The molecule has 8 nitrogen and oxygen atoms in total. The van der Waals surface area contributed by atoms with Crippen molar-refractivity contribution in [2.24, 2.45) is 0 Å². The zero-order chi connectivity index (χ0) is 21.3. The number of amides is 1. The molecule has 4 rings (SSSR count). The van der Waals surface area contributed by atoms with Crippen molar-refractivity contribution < 1.29 is 24.5 Å². The Labute approximate surface area is 173 Å². The van der Waals surface area contributed by atoms with E-state index in [1.165, 1.54) is 35.6 Å². The molecule has 1 atom stereocenters. The molecular formula is C22H24N3O5+. The molecule has 2 aliphatic rings. The number of quaternary nitrogens is 1. The zero-order valence-electron chi connectivity index (χ0n) is 16.5. The number of nitro benzene ring substituents is 1.